The number of rotatable bonds is 4. The summed E-state index contributed by atoms with van der Waals surface area (Å²) in [4.78, 5) is 11.1. The highest BCUT2D eigenvalue weighted by Gasteiger charge is 2.12. The smallest absolute Gasteiger partial charge is 0.240 e. The zero-order valence-electron chi connectivity index (χ0n) is 12.7. The zero-order valence-corrected chi connectivity index (χ0v) is 12.7. The van der Waals surface area contributed by atoms with Crippen LogP contribution >= 0.6 is 0 Å². The molecule has 7 nitrogen and oxygen atoms in total. The maximum atomic E-state index is 11.1. The first-order valence-corrected chi connectivity index (χ1v) is 7.25. The number of anilines is 1. The van der Waals surface area contributed by atoms with Gasteiger partial charge < -0.3 is 0 Å². The van der Waals surface area contributed by atoms with Crippen LogP contribution in [0, 0.1) is 0 Å². The first-order chi connectivity index (χ1) is 11.2. The van der Waals surface area contributed by atoms with Crippen LogP contribution in [-0.4, -0.2) is 27.5 Å². The van der Waals surface area contributed by atoms with Crippen molar-refractivity contribution in [3.8, 4) is 0 Å². The molecule has 1 aliphatic rings. The average Bonchev–Trinajstić information content (AvgIpc) is 2.61. The van der Waals surface area contributed by atoms with Gasteiger partial charge >= 0.3 is 0 Å². The van der Waals surface area contributed by atoms with Gasteiger partial charge in [0.05, 0.1) is 29.5 Å². The van der Waals surface area contributed by atoms with Crippen LogP contribution < -0.4 is 10.9 Å². The van der Waals surface area contributed by atoms with E-state index in [1.807, 2.05) is 37.3 Å². The van der Waals surface area contributed by atoms with E-state index in [1.54, 1.807) is 12.4 Å². The summed E-state index contributed by atoms with van der Waals surface area (Å²) in [6.45, 7) is 1.90. The Morgan fingerprint density at radius 1 is 1.17 bits per heavy atom. The topological polar surface area (TPSA) is 91.6 Å². The number of hydrogen-bond acceptors (Lipinski definition) is 6. The molecule has 23 heavy (non-hydrogen) atoms. The number of hydrogen-bond donors (Lipinski definition) is 2. The minimum absolute atomic E-state index is 0.0394. The Labute approximate surface area is 133 Å². The third-order valence-corrected chi connectivity index (χ3v) is 3.48. The molecule has 0 unspecified atom stereocenters. The van der Waals surface area contributed by atoms with Crippen molar-refractivity contribution in [2.45, 2.75) is 19.8 Å². The van der Waals surface area contributed by atoms with Crippen LogP contribution in [0.2, 0.25) is 0 Å². The second-order valence-corrected chi connectivity index (χ2v) is 5.11. The highest BCUT2D eigenvalue weighted by Crippen LogP contribution is 2.14. The molecule has 2 aromatic rings. The van der Waals surface area contributed by atoms with E-state index in [0.29, 0.717) is 12.8 Å². The van der Waals surface area contributed by atoms with Crippen LogP contribution in [0.3, 0.4) is 0 Å². The highest BCUT2D eigenvalue weighted by atomic mass is 16.2. The molecular weight excluding hydrogens is 292 g/mol. The standard InChI is InChI=1S/C16H16N6O/c1-11(13-8-9-17-18-10-13)19-20-14-4-2-12(3-5-14)15-6-7-16(23)22-21-15/h2-5,8-10,20H,6-7H2,1H3,(H,22,23). The summed E-state index contributed by atoms with van der Waals surface area (Å²) in [7, 11) is 0. The summed E-state index contributed by atoms with van der Waals surface area (Å²) in [5.41, 5.74) is 10.0. The largest absolute Gasteiger partial charge is 0.278 e. The Morgan fingerprint density at radius 2 is 2.00 bits per heavy atom. The molecule has 0 bridgehead atoms. The van der Waals surface area contributed by atoms with Crippen LogP contribution in [0.5, 0.6) is 0 Å². The Balaban J connectivity index is 1.67. The molecule has 0 atom stereocenters. The van der Waals surface area contributed by atoms with Gasteiger partial charge in [0.25, 0.3) is 0 Å². The van der Waals surface area contributed by atoms with E-state index in [-0.39, 0.29) is 5.91 Å². The van der Waals surface area contributed by atoms with Gasteiger partial charge in [-0.2, -0.15) is 20.4 Å². The lowest BCUT2D eigenvalue weighted by atomic mass is 10.0. The van der Waals surface area contributed by atoms with Gasteiger partial charge in [-0.1, -0.05) is 12.1 Å². The van der Waals surface area contributed by atoms with Crippen LogP contribution in [-0.2, 0) is 4.79 Å². The van der Waals surface area contributed by atoms with Gasteiger partial charge in [-0.3, -0.25) is 10.2 Å². The van der Waals surface area contributed by atoms with Crippen molar-refractivity contribution in [3.05, 3.63) is 53.9 Å². The van der Waals surface area contributed by atoms with E-state index in [4.69, 9.17) is 0 Å². The molecule has 0 aliphatic carbocycles. The molecule has 116 valence electrons. The Kier molecular flexibility index (Phi) is 4.37. The summed E-state index contributed by atoms with van der Waals surface area (Å²) in [6, 6.07) is 9.62. The zero-order chi connectivity index (χ0) is 16.1. The molecule has 1 aromatic carbocycles. The normalized spacial score (nSPS) is 14.9. The minimum Gasteiger partial charge on any atom is -0.278 e. The number of nitrogens with zero attached hydrogens (tertiary/aromatic N) is 4. The van der Waals surface area contributed by atoms with Crippen molar-refractivity contribution in [3.63, 3.8) is 0 Å². The van der Waals surface area contributed by atoms with Gasteiger partial charge in [-0.15, -0.1) is 0 Å². The number of carbonyl (C=O) groups excluding carboxylic acids is 1. The summed E-state index contributed by atoms with van der Waals surface area (Å²) in [5, 5.41) is 16.0. The highest BCUT2D eigenvalue weighted by molar-refractivity contribution is 6.04. The molecule has 7 heteroatoms. The molecule has 0 fully saturated rings. The SMILES string of the molecule is CC(=NNc1ccc(C2=NNC(=O)CC2)cc1)c1ccnnc1. The average molecular weight is 308 g/mol. The van der Waals surface area contributed by atoms with E-state index in [0.717, 1.165) is 28.2 Å². The number of hydrazone groups is 2. The number of carbonyl (C=O) groups is 1. The molecule has 0 saturated carbocycles. The molecule has 0 radical (unpaired) electrons. The lowest BCUT2D eigenvalue weighted by molar-refractivity contribution is -0.121. The molecule has 1 aliphatic heterocycles. The first kappa shape index (κ1) is 14.8. The molecule has 3 rings (SSSR count). The van der Waals surface area contributed by atoms with Crippen molar-refractivity contribution in [1.82, 2.24) is 15.6 Å². The predicted molar refractivity (Wildman–Crippen MR) is 88.2 cm³/mol. The third kappa shape index (κ3) is 3.76. The number of benzene rings is 1. The maximum absolute atomic E-state index is 11.1. The van der Waals surface area contributed by atoms with Crippen molar-refractivity contribution < 1.29 is 4.79 Å². The molecule has 1 amide bonds. The van der Waals surface area contributed by atoms with Gasteiger partial charge in [0.2, 0.25) is 5.91 Å². The minimum atomic E-state index is -0.0394. The van der Waals surface area contributed by atoms with Gasteiger partial charge in [-0.05, 0) is 30.7 Å². The van der Waals surface area contributed by atoms with E-state index in [9.17, 15) is 4.79 Å². The van der Waals surface area contributed by atoms with Crippen molar-refractivity contribution in [2.24, 2.45) is 10.2 Å². The van der Waals surface area contributed by atoms with E-state index in [2.05, 4.69) is 31.3 Å². The maximum Gasteiger partial charge on any atom is 0.240 e. The number of aromatic nitrogens is 2. The quantitative estimate of drug-likeness (QED) is 0.667. The summed E-state index contributed by atoms with van der Waals surface area (Å²) < 4.78 is 0. The summed E-state index contributed by atoms with van der Waals surface area (Å²) in [6.07, 6.45) is 4.43. The van der Waals surface area contributed by atoms with Crippen molar-refractivity contribution in [2.75, 3.05) is 5.43 Å². The van der Waals surface area contributed by atoms with E-state index in [1.165, 1.54) is 0 Å². The fourth-order valence-corrected chi connectivity index (χ4v) is 2.14. The second kappa shape index (κ2) is 6.78. The van der Waals surface area contributed by atoms with Crippen LogP contribution in [0.1, 0.15) is 30.9 Å². The molecule has 0 saturated heterocycles. The second-order valence-electron chi connectivity index (χ2n) is 5.11. The fourth-order valence-electron chi connectivity index (χ4n) is 2.14. The summed E-state index contributed by atoms with van der Waals surface area (Å²) >= 11 is 0. The third-order valence-electron chi connectivity index (χ3n) is 3.48. The predicted octanol–water partition coefficient (Wildman–Crippen LogP) is 1.93. The Hall–Kier alpha value is -3.09. The number of nitrogens with one attached hydrogen (secondary N) is 2. The molecule has 0 spiro atoms. The molecular formula is C16H16N6O. The van der Waals surface area contributed by atoms with E-state index < -0.39 is 0 Å². The fraction of sp³-hybridized carbons (Fsp3) is 0.188. The van der Waals surface area contributed by atoms with Crippen LogP contribution in [0.15, 0.2) is 52.9 Å². The number of amides is 1. The van der Waals surface area contributed by atoms with Gasteiger partial charge in [-0.25, -0.2) is 5.43 Å². The van der Waals surface area contributed by atoms with Crippen LogP contribution in [0.25, 0.3) is 0 Å². The van der Waals surface area contributed by atoms with Crippen molar-refractivity contribution >= 4 is 23.0 Å². The van der Waals surface area contributed by atoms with E-state index >= 15 is 0 Å². The lowest BCUT2D eigenvalue weighted by Gasteiger charge is -2.12. The van der Waals surface area contributed by atoms with Gasteiger partial charge in [0.1, 0.15) is 0 Å². The Morgan fingerprint density at radius 3 is 2.65 bits per heavy atom. The van der Waals surface area contributed by atoms with Gasteiger partial charge in [0, 0.05) is 18.4 Å². The lowest BCUT2D eigenvalue weighted by Crippen LogP contribution is -2.25. The molecule has 2 heterocycles. The Bertz CT molecular complexity index is 752. The molecule has 2 N–H and O–H groups in total. The van der Waals surface area contributed by atoms with Gasteiger partial charge in [0.15, 0.2) is 0 Å². The van der Waals surface area contributed by atoms with Crippen LogP contribution in [0.4, 0.5) is 5.69 Å². The first-order valence-electron chi connectivity index (χ1n) is 7.25. The van der Waals surface area contributed by atoms with Crippen molar-refractivity contribution in [1.29, 1.82) is 0 Å². The summed E-state index contributed by atoms with van der Waals surface area (Å²) in [5.74, 6) is -0.0394. The molecule has 1 aromatic heterocycles. The monoisotopic (exact) mass is 308 g/mol.